The lowest BCUT2D eigenvalue weighted by molar-refractivity contribution is -0.115. The highest BCUT2D eigenvalue weighted by Gasteiger charge is 2.20. The van der Waals surface area contributed by atoms with Crippen LogP contribution in [0.2, 0.25) is 0 Å². The van der Waals surface area contributed by atoms with Gasteiger partial charge in [-0.3, -0.25) is 4.79 Å². The fourth-order valence-electron chi connectivity index (χ4n) is 3.70. The Bertz CT molecular complexity index is 929. The number of rotatable bonds is 7. The predicted octanol–water partition coefficient (Wildman–Crippen LogP) is 3.44. The molecule has 1 aliphatic heterocycles. The van der Waals surface area contributed by atoms with Gasteiger partial charge in [-0.1, -0.05) is 18.2 Å². The standard InChI is InChI=1S/C23H26N2O3/c1-16-3-2-10-25(16)21-7-6-18-11-17(4-5-19(18)13-21)12-20(14-24)23(28)9-8-22(27)15-26/h4-7,11-13,16,22,26-27H,2-3,8-10,15H2,1H3/b20-12+. The van der Waals surface area contributed by atoms with Gasteiger partial charge in [0.25, 0.3) is 0 Å². The van der Waals surface area contributed by atoms with Crippen molar-refractivity contribution in [3.05, 3.63) is 47.5 Å². The second kappa shape index (κ2) is 9.01. The number of benzene rings is 2. The van der Waals surface area contributed by atoms with Crippen LogP contribution >= 0.6 is 0 Å². The Morgan fingerprint density at radius 2 is 2.07 bits per heavy atom. The largest absolute Gasteiger partial charge is 0.394 e. The van der Waals surface area contributed by atoms with Crippen molar-refractivity contribution in [2.45, 2.75) is 44.8 Å². The van der Waals surface area contributed by atoms with Crippen LogP contribution in [0, 0.1) is 11.3 Å². The number of carbonyl (C=O) groups is 1. The Kier molecular flexibility index (Phi) is 6.45. The molecular weight excluding hydrogens is 352 g/mol. The molecule has 2 aromatic carbocycles. The first-order chi connectivity index (χ1) is 13.5. The molecule has 0 aliphatic carbocycles. The third-order valence-corrected chi connectivity index (χ3v) is 5.38. The van der Waals surface area contributed by atoms with Gasteiger partial charge in [-0.25, -0.2) is 0 Å². The van der Waals surface area contributed by atoms with Gasteiger partial charge in [0.2, 0.25) is 0 Å². The quantitative estimate of drug-likeness (QED) is 0.569. The Balaban J connectivity index is 1.80. The van der Waals surface area contributed by atoms with E-state index in [9.17, 15) is 15.2 Å². The minimum atomic E-state index is -0.933. The lowest BCUT2D eigenvalue weighted by Gasteiger charge is -2.24. The number of anilines is 1. The van der Waals surface area contributed by atoms with Crippen molar-refractivity contribution in [1.82, 2.24) is 0 Å². The number of fused-ring (bicyclic) bond motifs is 1. The van der Waals surface area contributed by atoms with Gasteiger partial charge in [0.1, 0.15) is 6.07 Å². The van der Waals surface area contributed by atoms with Gasteiger partial charge in [-0.05, 0) is 66.8 Å². The maximum atomic E-state index is 12.2. The molecule has 1 fully saturated rings. The number of aliphatic hydroxyl groups is 2. The highest BCUT2D eigenvalue weighted by Crippen LogP contribution is 2.29. The molecule has 1 saturated heterocycles. The number of carbonyl (C=O) groups excluding carboxylic acids is 1. The zero-order valence-electron chi connectivity index (χ0n) is 16.1. The monoisotopic (exact) mass is 378 g/mol. The number of ketones is 1. The molecule has 1 aliphatic rings. The molecular formula is C23H26N2O3. The number of nitriles is 1. The van der Waals surface area contributed by atoms with E-state index >= 15 is 0 Å². The summed E-state index contributed by atoms with van der Waals surface area (Å²) in [6.07, 6.45) is 3.28. The smallest absolute Gasteiger partial charge is 0.173 e. The number of allylic oxidation sites excluding steroid dienone is 1. The third kappa shape index (κ3) is 4.59. The highest BCUT2D eigenvalue weighted by molar-refractivity contribution is 6.03. The normalized spacial score (nSPS) is 18.3. The Morgan fingerprint density at radius 1 is 1.32 bits per heavy atom. The number of Topliss-reactive ketones (excluding diaryl/α,β-unsaturated/α-hetero) is 1. The van der Waals surface area contributed by atoms with Crippen molar-refractivity contribution < 1.29 is 15.0 Å². The van der Waals surface area contributed by atoms with E-state index in [0.717, 1.165) is 22.9 Å². The van der Waals surface area contributed by atoms with Crippen LogP contribution in [0.4, 0.5) is 5.69 Å². The van der Waals surface area contributed by atoms with Gasteiger partial charge in [-0.2, -0.15) is 5.26 Å². The highest BCUT2D eigenvalue weighted by atomic mass is 16.3. The van der Waals surface area contributed by atoms with Gasteiger partial charge < -0.3 is 15.1 Å². The molecule has 5 nitrogen and oxygen atoms in total. The molecule has 0 saturated carbocycles. The molecule has 2 N–H and O–H groups in total. The van der Waals surface area contributed by atoms with E-state index in [0.29, 0.717) is 6.04 Å². The molecule has 2 unspecified atom stereocenters. The first-order valence-electron chi connectivity index (χ1n) is 9.76. The Hall–Kier alpha value is -2.68. The molecule has 0 spiro atoms. The molecule has 28 heavy (non-hydrogen) atoms. The number of nitrogens with zero attached hydrogens (tertiary/aromatic N) is 2. The van der Waals surface area contributed by atoms with E-state index in [1.54, 1.807) is 6.08 Å². The van der Waals surface area contributed by atoms with E-state index < -0.39 is 6.10 Å². The Labute approximate surface area is 165 Å². The molecule has 2 atom stereocenters. The predicted molar refractivity (Wildman–Crippen MR) is 111 cm³/mol. The van der Waals surface area contributed by atoms with E-state index in [-0.39, 0.29) is 30.8 Å². The van der Waals surface area contributed by atoms with Gasteiger partial charge in [0, 0.05) is 24.7 Å². The van der Waals surface area contributed by atoms with E-state index in [1.165, 1.54) is 18.5 Å². The summed E-state index contributed by atoms with van der Waals surface area (Å²) in [6, 6.07) is 14.8. The molecule has 3 rings (SSSR count). The zero-order chi connectivity index (χ0) is 20.1. The molecule has 0 aromatic heterocycles. The minimum absolute atomic E-state index is 0.0338. The topological polar surface area (TPSA) is 84.6 Å². The minimum Gasteiger partial charge on any atom is -0.394 e. The summed E-state index contributed by atoms with van der Waals surface area (Å²) in [4.78, 5) is 14.6. The second-order valence-corrected chi connectivity index (χ2v) is 7.44. The summed E-state index contributed by atoms with van der Waals surface area (Å²) in [5, 5.41) is 29.7. The maximum Gasteiger partial charge on any atom is 0.173 e. The number of hydrogen-bond acceptors (Lipinski definition) is 5. The van der Waals surface area contributed by atoms with Crippen LogP contribution in [0.1, 0.15) is 38.2 Å². The molecule has 1 heterocycles. The third-order valence-electron chi connectivity index (χ3n) is 5.38. The molecule has 5 heteroatoms. The van der Waals surface area contributed by atoms with E-state index in [4.69, 9.17) is 5.11 Å². The van der Waals surface area contributed by atoms with Crippen LogP contribution in [0.3, 0.4) is 0 Å². The SMILES string of the molecule is CC1CCCN1c1ccc2cc(/C=C(\C#N)C(=O)CCC(O)CO)ccc2c1. The van der Waals surface area contributed by atoms with Gasteiger partial charge in [-0.15, -0.1) is 0 Å². The van der Waals surface area contributed by atoms with Crippen LogP contribution in [0.25, 0.3) is 16.8 Å². The second-order valence-electron chi connectivity index (χ2n) is 7.44. The summed E-state index contributed by atoms with van der Waals surface area (Å²) in [5.41, 5.74) is 2.09. The van der Waals surface area contributed by atoms with Crippen molar-refractivity contribution in [3.8, 4) is 6.07 Å². The Morgan fingerprint density at radius 3 is 2.75 bits per heavy atom. The molecule has 0 amide bonds. The molecule has 146 valence electrons. The van der Waals surface area contributed by atoms with E-state index in [2.05, 4.69) is 30.0 Å². The van der Waals surface area contributed by atoms with Crippen LogP contribution < -0.4 is 4.90 Å². The van der Waals surface area contributed by atoms with Crippen molar-refractivity contribution >= 4 is 28.3 Å². The lowest BCUT2D eigenvalue weighted by atomic mass is 10.0. The lowest BCUT2D eigenvalue weighted by Crippen LogP contribution is -2.25. The van der Waals surface area contributed by atoms with Crippen LogP contribution in [0.5, 0.6) is 0 Å². The summed E-state index contributed by atoms with van der Waals surface area (Å²) in [6.45, 7) is 2.96. The van der Waals surface area contributed by atoms with Gasteiger partial charge in [0.05, 0.1) is 18.3 Å². The summed E-state index contributed by atoms with van der Waals surface area (Å²) in [5.74, 6) is -0.325. The van der Waals surface area contributed by atoms with Crippen molar-refractivity contribution in [2.75, 3.05) is 18.1 Å². The van der Waals surface area contributed by atoms with Crippen molar-refractivity contribution in [1.29, 1.82) is 5.26 Å². The zero-order valence-corrected chi connectivity index (χ0v) is 16.1. The number of hydrogen-bond donors (Lipinski definition) is 2. The average molecular weight is 378 g/mol. The van der Waals surface area contributed by atoms with Crippen LogP contribution in [-0.4, -0.2) is 41.3 Å². The van der Waals surface area contributed by atoms with Gasteiger partial charge in [0.15, 0.2) is 5.78 Å². The maximum absolute atomic E-state index is 12.2. The summed E-state index contributed by atoms with van der Waals surface area (Å²) < 4.78 is 0. The van der Waals surface area contributed by atoms with Crippen LogP contribution in [-0.2, 0) is 4.79 Å². The summed E-state index contributed by atoms with van der Waals surface area (Å²) >= 11 is 0. The molecule has 2 aromatic rings. The first kappa shape index (κ1) is 20.1. The van der Waals surface area contributed by atoms with Crippen molar-refractivity contribution in [2.24, 2.45) is 0 Å². The van der Waals surface area contributed by atoms with Crippen LogP contribution in [0.15, 0.2) is 42.0 Å². The average Bonchev–Trinajstić information content (AvgIpc) is 3.15. The fourth-order valence-corrected chi connectivity index (χ4v) is 3.70. The first-order valence-corrected chi connectivity index (χ1v) is 9.76. The fraction of sp³-hybridized carbons (Fsp3) is 0.391. The van der Waals surface area contributed by atoms with Crippen molar-refractivity contribution in [3.63, 3.8) is 0 Å². The number of aliphatic hydroxyl groups excluding tert-OH is 2. The van der Waals surface area contributed by atoms with Gasteiger partial charge >= 0.3 is 0 Å². The van der Waals surface area contributed by atoms with E-state index in [1.807, 2.05) is 24.3 Å². The molecule has 0 bridgehead atoms. The molecule has 0 radical (unpaired) electrons. The summed E-state index contributed by atoms with van der Waals surface area (Å²) in [7, 11) is 0.